The first-order valence-corrected chi connectivity index (χ1v) is 8.14. The van der Waals surface area contributed by atoms with Gasteiger partial charge in [0, 0.05) is 24.6 Å². The molecule has 130 valence electrons. The first-order chi connectivity index (χ1) is 12.2. The predicted molar refractivity (Wildman–Crippen MR) is 96.3 cm³/mol. The van der Waals surface area contributed by atoms with E-state index in [0.717, 1.165) is 29.7 Å². The van der Waals surface area contributed by atoms with E-state index in [2.05, 4.69) is 15.3 Å². The van der Waals surface area contributed by atoms with Crippen molar-refractivity contribution in [3.8, 4) is 11.5 Å². The summed E-state index contributed by atoms with van der Waals surface area (Å²) < 4.78 is 10.4. The van der Waals surface area contributed by atoms with E-state index in [1.54, 1.807) is 32.4 Å². The quantitative estimate of drug-likeness (QED) is 0.649. The van der Waals surface area contributed by atoms with Crippen LogP contribution in [0.4, 0.5) is 0 Å². The fraction of sp³-hybridized carbons (Fsp3) is 0.263. The van der Waals surface area contributed by atoms with Gasteiger partial charge in [0.1, 0.15) is 17.3 Å². The Balaban J connectivity index is 1.54. The number of imidazole rings is 1. The summed E-state index contributed by atoms with van der Waals surface area (Å²) in [6, 6.07) is 13.0. The van der Waals surface area contributed by atoms with Gasteiger partial charge in [-0.2, -0.15) is 0 Å². The maximum absolute atomic E-state index is 12.3. The fourth-order valence-electron chi connectivity index (χ4n) is 2.62. The number of carbonyl (C=O) groups excluding carboxylic acids is 1. The topological polar surface area (TPSA) is 76.2 Å². The zero-order valence-corrected chi connectivity index (χ0v) is 14.3. The number of benzene rings is 2. The van der Waals surface area contributed by atoms with E-state index in [1.165, 1.54) is 0 Å². The predicted octanol–water partition coefficient (Wildman–Crippen LogP) is 2.94. The van der Waals surface area contributed by atoms with Crippen molar-refractivity contribution in [3.05, 3.63) is 53.9 Å². The van der Waals surface area contributed by atoms with E-state index in [9.17, 15) is 4.79 Å². The summed E-state index contributed by atoms with van der Waals surface area (Å²) in [6.07, 6.45) is 1.57. The molecule has 0 bridgehead atoms. The van der Waals surface area contributed by atoms with Crippen molar-refractivity contribution in [3.63, 3.8) is 0 Å². The Kier molecular flexibility index (Phi) is 5.18. The number of aryl methyl sites for hydroxylation is 1. The molecule has 3 rings (SSSR count). The van der Waals surface area contributed by atoms with E-state index >= 15 is 0 Å². The number of para-hydroxylation sites is 2. The van der Waals surface area contributed by atoms with Crippen LogP contribution in [-0.2, 0) is 6.42 Å². The number of nitrogens with one attached hydrogen (secondary N) is 2. The molecule has 0 saturated carbocycles. The maximum Gasteiger partial charge on any atom is 0.251 e. The lowest BCUT2D eigenvalue weighted by molar-refractivity contribution is 0.0952. The van der Waals surface area contributed by atoms with Crippen molar-refractivity contribution in [1.29, 1.82) is 0 Å². The van der Waals surface area contributed by atoms with Gasteiger partial charge in [-0.05, 0) is 30.7 Å². The lowest BCUT2D eigenvalue weighted by atomic mass is 10.2. The molecule has 0 fully saturated rings. The molecular weight excluding hydrogens is 318 g/mol. The molecule has 1 amide bonds. The number of rotatable bonds is 7. The van der Waals surface area contributed by atoms with Crippen LogP contribution in [0.15, 0.2) is 42.5 Å². The van der Waals surface area contributed by atoms with Crippen LogP contribution in [0.25, 0.3) is 11.0 Å². The van der Waals surface area contributed by atoms with Gasteiger partial charge in [0.05, 0.1) is 25.3 Å². The molecule has 0 atom stereocenters. The van der Waals surface area contributed by atoms with Crippen LogP contribution in [0.3, 0.4) is 0 Å². The molecule has 25 heavy (non-hydrogen) atoms. The normalized spacial score (nSPS) is 10.6. The molecule has 0 aliphatic heterocycles. The molecule has 2 aromatic carbocycles. The number of hydrogen-bond donors (Lipinski definition) is 2. The molecule has 0 aliphatic rings. The molecule has 0 spiro atoms. The Morgan fingerprint density at radius 1 is 1.12 bits per heavy atom. The first-order valence-electron chi connectivity index (χ1n) is 8.14. The third-order valence-corrected chi connectivity index (χ3v) is 3.93. The summed E-state index contributed by atoms with van der Waals surface area (Å²) >= 11 is 0. The molecule has 0 unspecified atom stereocenters. The van der Waals surface area contributed by atoms with Crippen LogP contribution in [-0.4, -0.2) is 36.6 Å². The van der Waals surface area contributed by atoms with Crippen LogP contribution >= 0.6 is 0 Å². The number of methoxy groups -OCH3 is 2. The second kappa shape index (κ2) is 7.70. The molecule has 3 aromatic rings. The molecule has 2 N–H and O–H groups in total. The minimum Gasteiger partial charge on any atom is -0.497 e. The number of H-pyrrole nitrogens is 1. The number of ether oxygens (including phenoxy) is 2. The molecule has 0 saturated heterocycles. The lowest BCUT2D eigenvalue weighted by Crippen LogP contribution is -2.24. The van der Waals surface area contributed by atoms with E-state index in [-0.39, 0.29) is 5.91 Å². The zero-order valence-electron chi connectivity index (χ0n) is 14.3. The van der Waals surface area contributed by atoms with Crippen LogP contribution in [0.5, 0.6) is 11.5 Å². The minimum atomic E-state index is -0.151. The van der Waals surface area contributed by atoms with E-state index in [4.69, 9.17) is 9.47 Å². The highest BCUT2D eigenvalue weighted by Crippen LogP contribution is 2.22. The summed E-state index contributed by atoms with van der Waals surface area (Å²) in [7, 11) is 3.12. The number of carbonyl (C=O) groups is 1. The van der Waals surface area contributed by atoms with Gasteiger partial charge in [-0.15, -0.1) is 0 Å². The molecular formula is C19H21N3O3. The van der Waals surface area contributed by atoms with Gasteiger partial charge < -0.3 is 19.8 Å². The van der Waals surface area contributed by atoms with Crippen LogP contribution in [0.1, 0.15) is 22.6 Å². The first kappa shape index (κ1) is 16.8. The third kappa shape index (κ3) is 4.09. The van der Waals surface area contributed by atoms with Gasteiger partial charge in [-0.25, -0.2) is 4.98 Å². The summed E-state index contributed by atoms with van der Waals surface area (Å²) in [4.78, 5) is 20.1. The Labute approximate surface area is 146 Å². The maximum atomic E-state index is 12.3. The smallest absolute Gasteiger partial charge is 0.251 e. The van der Waals surface area contributed by atoms with Crippen molar-refractivity contribution < 1.29 is 14.3 Å². The lowest BCUT2D eigenvalue weighted by Gasteiger charge is -2.09. The molecule has 6 heteroatoms. The highest BCUT2D eigenvalue weighted by molar-refractivity contribution is 5.95. The van der Waals surface area contributed by atoms with Gasteiger partial charge in [-0.1, -0.05) is 12.1 Å². The van der Waals surface area contributed by atoms with Gasteiger partial charge in [0.2, 0.25) is 0 Å². The monoisotopic (exact) mass is 339 g/mol. The highest BCUT2D eigenvalue weighted by atomic mass is 16.5. The van der Waals surface area contributed by atoms with Gasteiger partial charge in [0.25, 0.3) is 5.91 Å². The average Bonchev–Trinajstić information content (AvgIpc) is 3.07. The minimum absolute atomic E-state index is 0.151. The summed E-state index contributed by atoms with van der Waals surface area (Å²) in [5, 5.41) is 2.91. The second-order valence-corrected chi connectivity index (χ2v) is 5.66. The Bertz CT molecular complexity index is 818. The molecule has 1 aromatic heterocycles. The standard InChI is InChI=1S/C19H21N3O3/c1-24-14-10-13(11-15(12-14)25-2)19(23)20-9-5-8-18-21-16-6-3-4-7-17(16)22-18/h3-4,6-7,10-12H,5,8-9H2,1-2H3,(H,20,23)(H,21,22). The fourth-order valence-corrected chi connectivity index (χ4v) is 2.62. The van der Waals surface area contributed by atoms with Crippen LogP contribution in [0, 0.1) is 0 Å². The number of hydrogen-bond acceptors (Lipinski definition) is 4. The van der Waals surface area contributed by atoms with Crippen molar-refractivity contribution in [2.75, 3.05) is 20.8 Å². The van der Waals surface area contributed by atoms with Gasteiger partial charge >= 0.3 is 0 Å². The van der Waals surface area contributed by atoms with Crippen molar-refractivity contribution in [2.24, 2.45) is 0 Å². The summed E-state index contributed by atoms with van der Waals surface area (Å²) in [6.45, 7) is 0.565. The molecule has 6 nitrogen and oxygen atoms in total. The van der Waals surface area contributed by atoms with Crippen molar-refractivity contribution >= 4 is 16.9 Å². The zero-order chi connectivity index (χ0) is 17.6. The number of amides is 1. The SMILES string of the molecule is COc1cc(OC)cc(C(=O)NCCCc2nc3ccccc3[nH]2)c1. The third-order valence-electron chi connectivity index (χ3n) is 3.93. The number of aromatic amines is 1. The Morgan fingerprint density at radius 3 is 2.52 bits per heavy atom. The molecule has 1 heterocycles. The van der Waals surface area contributed by atoms with Crippen LogP contribution in [0.2, 0.25) is 0 Å². The van der Waals surface area contributed by atoms with Crippen molar-refractivity contribution in [1.82, 2.24) is 15.3 Å². The van der Waals surface area contributed by atoms with E-state index in [0.29, 0.717) is 23.6 Å². The van der Waals surface area contributed by atoms with Crippen molar-refractivity contribution in [2.45, 2.75) is 12.8 Å². The van der Waals surface area contributed by atoms with Gasteiger partial charge in [0.15, 0.2) is 0 Å². The Hall–Kier alpha value is -3.02. The summed E-state index contributed by atoms with van der Waals surface area (Å²) in [5.41, 5.74) is 2.51. The summed E-state index contributed by atoms with van der Waals surface area (Å²) in [5.74, 6) is 1.96. The highest BCUT2D eigenvalue weighted by Gasteiger charge is 2.09. The van der Waals surface area contributed by atoms with Gasteiger partial charge in [-0.3, -0.25) is 4.79 Å². The van der Waals surface area contributed by atoms with Crippen LogP contribution < -0.4 is 14.8 Å². The van der Waals surface area contributed by atoms with E-state index < -0.39 is 0 Å². The largest absolute Gasteiger partial charge is 0.497 e. The number of fused-ring (bicyclic) bond motifs is 1. The Morgan fingerprint density at radius 2 is 1.84 bits per heavy atom. The molecule has 0 radical (unpaired) electrons. The van der Waals surface area contributed by atoms with E-state index in [1.807, 2.05) is 24.3 Å². The average molecular weight is 339 g/mol. The second-order valence-electron chi connectivity index (χ2n) is 5.66. The number of aromatic nitrogens is 2. The number of nitrogens with zero attached hydrogens (tertiary/aromatic N) is 1. The molecule has 0 aliphatic carbocycles.